The van der Waals surface area contributed by atoms with E-state index in [1.54, 1.807) is 12.1 Å². The summed E-state index contributed by atoms with van der Waals surface area (Å²) in [5, 5.41) is 11.9. The van der Waals surface area contributed by atoms with Gasteiger partial charge in [0.15, 0.2) is 0 Å². The monoisotopic (exact) mass is 258 g/mol. The van der Waals surface area contributed by atoms with E-state index in [1.165, 1.54) is 6.07 Å². The van der Waals surface area contributed by atoms with Crippen LogP contribution in [0.15, 0.2) is 22.7 Å². The number of halogens is 1. The van der Waals surface area contributed by atoms with Crippen LogP contribution in [0.25, 0.3) is 0 Å². The van der Waals surface area contributed by atoms with Crippen molar-refractivity contribution in [3.05, 3.63) is 22.7 Å². The lowest BCUT2D eigenvalue weighted by molar-refractivity contribution is -0.116. The molecule has 0 atom stereocenters. The Hall–Kier alpha value is -1.07. The van der Waals surface area contributed by atoms with Crippen LogP contribution in [0.4, 0.5) is 5.69 Å². The van der Waals surface area contributed by atoms with Crippen LogP contribution in [0.3, 0.4) is 0 Å². The summed E-state index contributed by atoms with van der Waals surface area (Å²) in [7, 11) is 0. The maximum atomic E-state index is 11.2. The molecule has 1 aromatic carbocycles. The molecule has 4 N–H and O–H groups in total. The van der Waals surface area contributed by atoms with Crippen molar-refractivity contribution in [3.8, 4) is 5.75 Å². The Morgan fingerprint density at radius 2 is 2.29 bits per heavy atom. The number of hydrogen-bond acceptors (Lipinski definition) is 3. The van der Waals surface area contributed by atoms with Crippen molar-refractivity contribution in [2.24, 2.45) is 5.73 Å². The molecule has 0 heterocycles. The van der Waals surface area contributed by atoms with Gasteiger partial charge in [-0.3, -0.25) is 4.79 Å². The highest BCUT2D eigenvalue weighted by molar-refractivity contribution is 9.10. The molecule has 4 nitrogen and oxygen atoms in total. The number of aromatic hydroxyl groups is 1. The predicted octanol–water partition coefficient (Wildman–Crippen LogP) is 1.44. The van der Waals surface area contributed by atoms with Gasteiger partial charge in [0.05, 0.1) is 5.69 Å². The molecule has 0 saturated heterocycles. The maximum absolute atomic E-state index is 11.2. The third-order valence-corrected chi connectivity index (χ3v) is 2.10. The van der Waals surface area contributed by atoms with Crippen molar-refractivity contribution in [1.29, 1.82) is 0 Å². The van der Waals surface area contributed by atoms with Gasteiger partial charge in [-0.05, 0) is 18.2 Å². The SMILES string of the molecule is NCCC(=O)Nc1cc(Br)ccc1O. The van der Waals surface area contributed by atoms with E-state index >= 15 is 0 Å². The zero-order valence-corrected chi connectivity index (χ0v) is 9.04. The van der Waals surface area contributed by atoms with Crippen LogP contribution >= 0.6 is 15.9 Å². The number of benzene rings is 1. The number of rotatable bonds is 3. The highest BCUT2D eigenvalue weighted by Gasteiger charge is 2.05. The van der Waals surface area contributed by atoms with Gasteiger partial charge in [0.1, 0.15) is 5.75 Å². The molecule has 0 aliphatic heterocycles. The third kappa shape index (κ3) is 3.01. The van der Waals surface area contributed by atoms with Crippen molar-refractivity contribution in [3.63, 3.8) is 0 Å². The normalized spacial score (nSPS) is 9.86. The lowest BCUT2D eigenvalue weighted by atomic mass is 10.3. The van der Waals surface area contributed by atoms with Crippen molar-refractivity contribution < 1.29 is 9.90 Å². The number of amides is 1. The highest BCUT2D eigenvalue weighted by atomic mass is 79.9. The molecular formula is C9H11BrN2O2. The number of hydrogen-bond donors (Lipinski definition) is 3. The minimum absolute atomic E-state index is 0.0403. The van der Waals surface area contributed by atoms with E-state index in [0.29, 0.717) is 12.2 Å². The van der Waals surface area contributed by atoms with Crippen LogP contribution in [0.2, 0.25) is 0 Å². The fourth-order valence-electron chi connectivity index (χ4n) is 0.952. The summed E-state index contributed by atoms with van der Waals surface area (Å²) in [6.07, 6.45) is 0.242. The smallest absolute Gasteiger partial charge is 0.225 e. The van der Waals surface area contributed by atoms with E-state index < -0.39 is 0 Å². The number of carbonyl (C=O) groups excluding carboxylic acids is 1. The minimum atomic E-state index is -0.207. The van der Waals surface area contributed by atoms with Crippen molar-refractivity contribution in [2.45, 2.75) is 6.42 Å². The van der Waals surface area contributed by atoms with Crippen LogP contribution in [-0.4, -0.2) is 17.6 Å². The first kappa shape index (κ1) is 11.0. The average Bonchev–Trinajstić information content (AvgIpc) is 2.12. The third-order valence-electron chi connectivity index (χ3n) is 1.60. The van der Waals surface area contributed by atoms with Gasteiger partial charge < -0.3 is 16.2 Å². The number of phenols is 1. The van der Waals surface area contributed by atoms with Crippen molar-refractivity contribution in [1.82, 2.24) is 0 Å². The molecule has 76 valence electrons. The van der Waals surface area contributed by atoms with E-state index in [0.717, 1.165) is 4.47 Å². The van der Waals surface area contributed by atoms with E-state index in [2.05, 4.69) is 21.2 Å². The molecule has 1 rings (SSSR count). The molecule has 0 unspecified atom stereocenters. The molecule has 0 saturated carbocycles. The van der Waals surface area contributed by atoms with Gasteiger partial charge in [-0.2, -0.15) is 0 Å². The van der Waals surface area contributed by atoms with Crippen LogP contribution < -0.4 is 11.1 Å². The molecule has 0 aliphatic rings. The molecule has 1 amide bonds. The fourth-order valence-corrected chi connectivity index (χ4v) is 1.31. The molecule has 0 fully saturated rings. The summed E-state index contributed by atoms with van der Waals surface area (Å²) in [5.41, 5.74) is 5.61. The van der Waals surface area contributed by atoms with Gasteiger partial charge in [0.25, 0.3) is 0 Å². The molecule has 0 bridgehead atoms. The number of carbonyl (C=O) groups is 1. The van der Waals surface area contributed by atoms with E-state index in [-0.39, 0.29) is 18.1 Å². The van der Waals surface area contributed by atoms with Gasteiger partial charge in [0.2, 0.25) is 5.91 Å². The number of phenolic OH excluding ortho intramolecular Hbond substituents is 1. The van der Waals surface area contributed by atoms with Gasteiger partial charge in [-0.1, -0.05) is 15.9 Å². The molecule has 5 heteroatoms. The van der Waals surface area contributed by atoms with E-state index in [1.807, 2.05) is 0 Å². The second-order valence-corrected chi connectivity index (χ2v) is 3.66. The Morgan fingerprint density at radius 3 is 2.93 bits per heavy atom. The Morgan fingerprint density at radius 1 is 1.57 bits per heavy atom. The van der Waals surface area contributed by atoms with Gasteiger partial charge in [-0.15, -0.1) is 0 Å². The fraction of sp³-hybridized carbons (Fsp3) is 0.222. The Kier molecular flexibility index (Phi) is 3.91. The summed E-state index contributed by atoms with van der Waals surface area (Å²) in [5.74, 6) is -0.167. The zero-order valence-electron chi connectivity index (χ0n) is 7.46. The van der Waals surface area contributed by atoms with Crippen molar-refractivity contribution in [2.75, 3.05) is 11.9 Å². The van der Waals surface area contributed by atoms with Gasteiger partial charge in [0, 0.05) is 17.4 Å². The average molecular weight is 259 g/mol. The molecule has 1 aromatic rings. The first-order chi connectivity index (χ1) is 6.63. The lowest BCUT2D eigenvalue weighted by Gasteiger charge is -2.06. The molecular weight excluding hydrogens is 248 g/mol. The molecule has 0 radical (unpaired) electrons. The second kappa shape index (κ2) is 4.97. The van der Waals surface area contributed by atoms with Crippen LogP contribution in [0.1, 0.15) is 6.42 Å². The summed E-state index contributed by atoms with van der Waals surface area (Å²) in [6, 6.07) is 4.82. The first-order valence-electron chi connectivity index (χ1n) is 4.12. The largest absolute Gasteiger partial charge is 0.506 e. The topological polar surface area (TPSA) is 75.4 Å². The second-order valence-electron chi connectivity index (χ2n) is 2.75. The zero-order chi connectivity index (χ0) is 10.6. The molecule has 0 aromatic heterocycles. The maximum Gasteiger partial charge on any atom is 0.225 e. The summed E-state index contributed by atoms with van der Waals surface area (Å²) in [4.78, 5) is 11.2. The Bertz CT molecular complexity index is 342. The van der Waals surface area contributed by atoms with Gasteiger partial charge in [-0.25, -0.2) is 0 Å². The Balaban J connectivity index is 2.75. The number of anilines is 1. The van der Waals surface area contributed by atoms with Crippen LogP contribution in [0.5, 0.6) is 5.75 Å². The quantitative estimate of drug-likeness (QED) is 0.719. The number of nitrogens with two attached hydrogens (primary N) is 1. The predicted molar refractivity (Wildman–Crippen MR) is 58.1 cm³/mol. The van der Waals surface area contributed by atoms with E-state index in [9.17, 15) is 9.90 Å². The standard InChI is InChI=1S/C9H11BrN2O2/c10-6-1-2-8(13)7(5-6)12-9(14)3-4-11/h1-2,5,13H,3-4,11H2,(H,12,14). The minimum Gasteiger partial charge on any atom is -0.506 e. The van der Waals surface area contributed by atoms with Crippen LogP contribution in [-0.2, 0) is 4.79 Å². The summed E-state index contributed by atoms with van der Waals surface area (Å²) >= 11 is 3.24. The summed E-state index contributed by atoms with van der Waals surface area (Å²) < 4.78 is 0.790. The highest BCUT2D eigenvalue weighted by Crippen LogP contribution is 2.26. The summed E-state index contributed by atoms with van der Waals surface area (Å²) in [6.45, 7) is 0.292. The van der Waals surface area contributed by atoms with Crippen LogP contribution in [0, 0.1) is 0 Å². The molecule has 0 spiro atoms. The van der Waals surface area contributed by atoms with Crippen molar-refractivity contribution >= 4 is 27.5 Å². The lowest BCUT2D eigenvalue weighted by Crippen LogP contribution is -2.16. The van der Waals surface area contributed by atoms with Gasteiger partial charge >= 0.3 is 0 Å². The molecule has 0 aliphatic carbocycles. The Labute approximate surface area is 90.2 Å². The number of nitrogens with one attached hydrogen (secondary N) is 1. The van der Waals surface area contributed by atoms with E-state index in [4.69, 9.17) is 5.73 Å². The molecule has 14 heavy (non-hydrogen) atoms. The first-order valence-corrected chi connectivity index (χ1v) is 4.91.